The largest absolute Gasteiger partial charge is 0.444 e. The third kappa shape index (κ3) is 6.31. The number of piperidine rings is 2. The molecule has 3 fully saturated rings. The lowest BCUT2D eigenvalue weighted by Crippen LogP contribution is -2.55. The van der Waals surface area contributed by atoms with Gasteiger partial charge in [0.05, 0.1) is 5.69 Å². The fraction of sp³-hybridized carbons (Fsp3) is 0.731. The molecular weight excluding hydrogens is 419 g/mol. The molecule has 3 aliphatic rings. The molecule has 1 aromatic rings. The number of hydrogen-bond acceptors (Lipinski definition) is 5. The zero-order chi connectivity index (χ0) is 23.6. The second-order valence-corrected chi connectivity index (χ2v) is 11.5. The smallest absolute Gasteiger partial charge is 0.407 e. The molecule has 184 valence electrons. The highest BCUT2D eigenvalue weighted by Gasteiger charge is 2.46. The topological polar surface area (TPSA) is 70.8 Å². The molecule has 1 aromatic carbocycles. The first-order valence-corrected chi connectivity index (χ1v) is 12.6. The van der Waals surface area contributed by atoms with Gasteiger partial charge in [0.2, 0.25) is 0 Å². The van der Waals surface area contributed by atoms with Gasteiger partial charge in [-0.15, -0.1) is 0 Å². The van der Waals surface area contributed by atoms with E-state index in [0.717, 1.165) is 64.3 Å². The first kappa shape index (κ1) is 24.1. The van der Waals surface area contributed by atoms with E-state index < -0.39 is 5.60 Å². The van der Waals surface area contributed by atoms with Gasteiger partial charge in [-0.3, -0.25) is 0 Å². The molecule has 2 saturated heterocycles. The molecule has 1 amide bonds. The Hall–Kier alpha value is -2.02. The number of nitrogens with two attached hydrogens (primary N) is 1. The number of anilines is 2. The number of carbonyl (C=O) groups excluding carboxylic acids is 1. The fourth-order valence-electron chi connectivity index (χ4n) is 5.83. The summed E-state index contributed by atoms with van der Waals surface area (Å²) >= 11 is 0. The number of nitrogens with zero attached hydrogens (tertiary/aromatic N) is 2. The van der Waals surface area contributed by atoms with Crippen molar-refractivity contribution in [1.29, 1.82) is 0 Å². The Bertz CT molecular complexity index is 816. The standard InChI is InChI=1S/C26H41FN4O2/c1-25(2,3)33-24(32)29-21-17-26(18-21)9-14-30(15-10-26)11-6-19-7-12-31(13-8-19)23-5-4-20(28)16-22(23)27/h4-5,16,19,21H,6-15,17-18,28H2,1-3H3,(H,29,32). The number of rotatable bonds is 5. The number of amides is 1. The summed E-state index contributed by atoms with van der Waals surface area (Å²) in [6.07, 6.45) is 7.82. The fourth-order valence-corrected chi connectivity index (χ4v) is 5.83. The first-order valence-electron chi connectivity index (χ1n) is 12.6. The van der Waals surface area contributed by atoms with Crippen LogP contribution in [-0.2, 0) is 4.74 Å². The normalized spacial score (nSPS) is 22.2. The quantitative estimate of drug-likeness (QED) is 0.619. The number of nitrogens with one attached hydrogen (secondary N) is 1. The minimum absolute atomic E-state index is 0.213. The van der Waals surface area contributed by atoms with E-state index in [9.17, 15) is 9.18 Å². The van der Waals surface area contributed by atoms with E-state index in [1.165, 1.54) is 25.3 Å². The summed E-state index contributed by atoms with van der Waals surface area (Å²) in [7, 11) is 0. The lowest BCUT2D eigenvalue weighted by molar-refractivity contribution is -0.00350. The van der Waals surface area contributed by atoms with Crippen LogP contribution in [0.5, 0.6) is 0 Å². The third-order valence-electron chi connectivity index (χ3n) is 7.78. The number of halogens is 1. The van der Waals surface area contributed by atoms with Crippen molar-refractivity contribution >= 4 is 17.5 Å². The van der Waals surface area contributed by atoms with Gasteiger partial charge in [0, 0.05) is 24.8 Å². The Morgan fingerprint density at radius 2 is 1.85 bits per heavy atom. The number of likely N-dealkylation sites (tertiary alicyclic amines) is 1. The van der Waals surface area contributed by atoms with Gasteiger partial charge in [-0.25, -0.2) is 9.18 Å². The van der Waals surface area contributed by atoms with Crippen molar-refractivity contribution < 1.29 is 13.9 Å². The Kier molecular flexibility index (Phi) is 7.08. The van der Waals surface area contributed by atoms with Crippen molar-refractivity contribution in [3.63, 3.8) is 0 Å². The molecular formula is C26H41FN4O2. The van der Waals surface area contributed by atoms with Gasteiger partial charge in [0.15, 0.2) is 0 Å². The Labute approximate surface area is 198 Å². The molecule has 1 spiro atoms. The molecule has 0 radical (unpaired) electrons. The second kappa shape index (κ2) is 9.69. The summed E-state index contributed by atoms with van der Waals surface area (Å²) < 4.78 is 19.6. The summed E-state index contributed by atoms with van der Waals surface area (Å²) in [5, 5.41) is 3.04. The number of benzene rings is 1. The number of hydrogen-bond donors (Lipinski definition) is 2. The highest BCUT2D eigenvalue weighted by Crippen LogP contribution is 2.49. The average Bonchev–Trinajstić information content (AvgIpc) is 2.71. The number of alkyl carbamates (subject to hydrolysis) is 1. The minimum Gasteiger partial charge on any atom is -0.444 e. The SMILES string of the molecule is CC(C)(C)OC(=O)NC1CC2(CCN(CCC3CCN(c4ccc(N)cc4F)CC3)CC2)C1. The lowest BCUT2D eigenvalue weighted by Gasteiger charge is -2.52. The molecule has 0 atom stereocenters. The predicted molar refractivity (Wildman–Crippen MR) is 131 cm³/mol. The molecule has 33 heavy (non-hydrogen) atoms. The van der Waals surface area contributed by atoms with Crippen molar-refractivity contribution in [3.05, 3.63) is 24.0 Å². The molecule has 7 heteroatoms. The summed E-state index contributed by atoms with van der Waals surface area (Å²) in [5.74, 6) is 0.510. The summed E-state index contributed by atoms with van der Waals surface area (Å²) in [4.78, 5) is 16.8. The molecule has 2 heterocycles. The molecule has 4 rings (SSSR count). The van der Waals surface area contributed by atoms with E-state index in [1.54, 1.807) is 6.07 Å². The van der Waals surface area contributed by atoms with Crippen LogP contribution in [0.2, 0.25) is 0 Å². The van der Waals surface area contributed by atoms with Gasteiger partial charge in [-0.2, -0.15) is 0 Å². The van der Waals surface area contributed by atoms with Crippen LogP contribution < -0.4 is 16.0 Å². The monoisotopic (exact) mass is 460 g/mol. The van der Waals surface area contributed by atoms with E-state index in [2.05, 4.69) is 15.1 Å². The molecule has 0 aromatic heterocycles. The molecule has 2 aliphatic heterocycles. The lowest BCUT2D eigenvalue weighted by atomic mass is 9.60. The van der Waals surface area contributed by atoms with Gasteiger partial charge >= 0.3 is 6.09 Å². The van der Waals surface area contributed by atoms with Crippen molar-refractivity contribution in [2.45, 2.75) is 77.4 Å². The number of nitrogen functional groups attached to an aromatic ring is 1. The molecule has 6 nitrogen and oxygen atoms in total. The minimum atomic E-state index is -0.445. The van der Waals surface area contributed by atoms with Crippen molar-refractivity contribution in [1.82, 2.24) is 10.2 Å². The van der Waals surface area contributed by atoms with Crippen LogP contribution in [0, 0.1) is 17.2 Å². The van der Waals surface area contributed by atoms with Crippen LogP contribution >= 0.6 is 0 Å². The zero-order valence-corrected chi connectivity index (χ0v) is 20.5. The van der Waals surface area contributed by atoms with E-state index >= 15 is 0 Å². The van der Waals surface area contributed by atoms with Gasteiger partial charge < -0.3 is 25.6 Å². The van der Waals surface area contributed by atoms with Crippen LogP contribution in [0.25, 0.3) is 0 Å². The Morgan fingerprint density at radius 3 is 2.45 bits per heavy atom. The maximum atomic E-state index is 14.2. The maximum absolute atomic E-state index is 14.2. The van der Waals surface area contributed by atoms with Crippen LogP contribution in [0.3, 0.4) is 0 Å². The molecule has 0 bridgehead atoms. The van der Waals surface area contributed by atoms with Gasteiger partial charge in [0.1, 0.15) is 11.4 Å². The van der Waals surface area contributed by atoms with Crippen LogP contribution in [0.15, 0.2) is 18.2 Å². The first-order chi connectivity index (χ1) is 15.6. The molecule has 1 saturated carbocycles. The average molecular weight is 461 g/mol. The molecule has 3 N–H and O–H groups in total. The predicted octanol–water partition coefficient (Wildman–Crippen LogP) is 4.78. The highest BCUT2D eigenvalue weighted by atomic mass is 19.1. The summed E-state index contributed by atoms with van der Waals surface area (Å²) in [6.45, 7) is 11.0. The van der Waals surface area contributed by atoms with Crippen LogP contribution in [-0.4, -0.2) is 55.4 Å². The Morgan fingerprint density at radius 1 is 1.18 bits per heavy atom. The van der Waals surface area contributed by atoms with Gasteiger partial charge in [-0.1, -0.05) is 0 Å². The van der Waals surface area contributed by atoms with E-state index in [4.69, 9.17) is 10.5 Å². The van der Waals surface area contributed by atoms with E-state index in [1.807, 2.05) is 26.8 Å². The van der Waals surface area contributed by atoms with Crippen molar-refractivity contribution in [2.75, 3.05) is 43.4 Å². The van der Waals surface area contributed by atoms with Crippen LogP contribution in [0.1, 0.15) is 65.7 Å². The van der Waals surface area contributed by atoms with Crippen molar-refractivity contribution in [2.24, 2.45) is 11.3 Å². The van der Waals surface area contributed by atoms with Crippen molar-refractivity contribution in [3.8, 4) is 0 Å². The van der Waals surface area contributed by atoms with Gasteiger partial charge in [-0.05, 0) is 115 Å². The zero-order valence-electron chi connectivity index (χ0n) is 20.5. The maximum Gasteiger partial charge on any atom is 0.407 e. The number of carbonyl (C=O) groups is 1. The molecule has 1 aliphatic carbocycles. The van der Waals surface area contributed by atoms with Crippen LogP contribution in [0.4, 0.5) is 20.6 Å². The number of ether oxygens (including phenoxy) is 1. The second-order valence-electron chi connectivity index (χ2n) is 11.5. The van der Waals surface area contributed by atoms with E-state index in [0.29, 0.717) is 16.8 Å². The highest BCUT2D eigenvalue weighted by molar-refractivity contribution is 5.68. The third-order valence-corrected chi connectivity index (χ3v) is 7.78. The molecule has 0 unspecified atom stereocenters. The summed E-state index contributed by atoms with van der Waals surface area (Å²) in [5.41, 5.74) is 6.82. The van der Waals surface area contributed by atoms with E-state index in [-0.39, 0.29) is 18.0 Å². The summed E-state index contributed by atoms with van der Waals surface area (Å²) in [6, 6.07) is 5.28. The van der Waals surface area contributed by atoms with Gasteiger partial charge in [0.25, 0.3) is 0 Å². The Balaban J connectivity index is 1.12.